The molecule has 2 aliphatic heterocycles. The Morgan fingerprint density at radius 3 is 2.70 bits per heavy atom. The van der Waals surface area contributed by atoms with Crippen LogP contribution in [-0.4, -0.2) is 58.1 Å². The molecule has 1 aromatic heterocycles. The Kier molecular flexibility index (Phi) is 5.04. The van der Waals surface area contributed by atoms with Crippen LogP contribution in [0.2, 0.25) is 0 Å². The minimum atomic E-state index is -3.41. The van der Waals surface area contributed by atoms with Gasteiger partial charge in [0.25, 0.3) is 15.9 Å². The molecule has 2 aliphatic rings. The van der Waals surface area contributed by atoms with Crippen molar-refractivity contribution in [1.82, 2.24) is 4.31 Å². The van der Waals surface area contributed by atoms with E-state index in [0.29, 0.717) is 54.1 Å². The summed E-state index contributed by atoms with van der Waals surface area (Å²) in [6.45, 7) is 2.49. The molecule has 2 aromatic rings. The van der Waals surface area contributed by atoms with E-state index in [1.54, 1.807) is 35.7 Å². The van der Waals surface area contributed by atoms with Gasteiger partial charge in [0.2, 0.25) is 6.79 Å². The van der Waals surface area contributed by atoms with Gasteiger partial charge in [-0.05, 0) is 23.6 Å². The van der Waals surface area contributed by atoms with Crippen LogP contribution < -0.4 is 19.7 Å². The number of quaternary nitrogens is 1. The first kappa shape index (κ1) is 18.2. The molecular weight excluding hydrogens is 390 g/mol. The molecule has 0 bridgehead atoms. The molecule has 1 amide bonds. The van der Waals surface area contributed by atoms with Gasteiger partial charge in [-0.25, -0.2) is 8.42 Å². The average Bonchev–Trinajstić information content (AvgIpc) is 3.34. The summed E-state index contributed by atoms with van der Waals surface area (Å²) in [6, 6.07) is 8.63. The summed E-state index contributed by atoms with van der Waals surface area (Å²) < 4.78 is 37.5. The highest BCUT2D eigenvalue weighted by Crippen LogP contribution is 2.34. The third-order valence-electron chi connectivity index (χ3n) is 4.59. The first-order chi connectivity index (χ1) is 13.0. The number of hydrogen-bond donors (Lipinski definition) is 2. The summed E-state index contributed by atoms with van der Waals surface area (Å²) in [6.07, 6.45) is 0. The van der Waals surface area contributed by atoms with Gasteiger partial charge in [-0.1, -0.05) is 6.07 Å². The summed E-state index contributed by atoms with van der Waals surface area (Å²) >= 11 is 1.22. The molecule has 0 radical (unpaired) electrons. The number of anilines is 1. The highest BCUT2D eigenvalue weighted by Gasteiger charge is 2.31. The number of fused-ring (bicyclic) bond motifs is 1. The minimum absolute atomic E-state index is 0.113. The van der Waals surface area contributed by atoms with Crippen LogP contribution in [0.25, 0.3) is 0 Å². The zero-order chi connectivity index (χ0) is 18.9. The van der Waals surface area contributed by atoms with Crippen molar-refractivity contribution in [3.05, 3.63) is 35.7 Å². The number of benzene rings is 1. The van der Waals surface area contributed by atoms with Crippen LogP contribution in [0.15, 0.2) is 39.9 Å². The number of sulfonamides is 1. The molecule has 0 atom stereocenters. The topological polar surface area (TPSA) is 89.4 Å². The summed E-state index contributed by atoms with van der Waals surface area (Å²) in [4.78, 5) is 13.4. The van der Waals surface area contributed by atoms with E-state index in [4.69, 9.17) is 9.47 Å². The van der Waals surface area contributed by atoms with Crippen LogP contribution in [0.4, 0.5) is 5.69 Å². The maximum absolute atomic E-state index is 12.5. The Balaban J connectivity index is 1.29. The Morgan fingerprint density at radius 2 is 1.96 bits per heavy atom. The standard InChI is InChI=1S/C17H19N3O5S2/c21-16(18-13-3-4-14-15(10-13)25-12-24-14)11-19-5-7-20(8-6-19)27(22,23)17-2-1-9-26-17/h1-4,9-10H,5-8,11-12H2,(H,18,21)/p+1. The summed E-state index contributed by atoms with van der Waals surface area (Å²) in [5.41, 5.74) is 0.655. The van der Waals surface area contributed by atoms with Crippen molar-refractivity contribution in [2.75, 3.05) is 44.8 Å². The first-order valence-corrected chi connectivity index (χ1v) is 10.9. The van der Waals surface area contributed by atoms with Crippen molar-refractivity contribution in [1.29, 1.82) is 0 Å². The number of piperazine rings is 1. The Bertz CT molecular complexity index is 922. The van der Waals surface area contributed by atoms with E-state index < -0.39 is 10.0 Å². The molecule has 0 unspecified atom stereocenters. The second kappa shape index (κ2) is 7.47. The van der Waals surface area contributed by atoms with Crippen LogP contribution in [0.1, 0.15) is 0 Å². The normalized spacial score (nSPS) is 17.8. The number of nitrogens with one attached hydrogen (secondary N) is 2. The lowest BCUT2D eigenvalue weighted by Crippen LogP contribution is -3.15. The Morgan fingerprint density at radius 1 is 1.19 bits per heavy atom. The summed E-state index contributed by atoms with van der Waals surface area (Å²) in [5.74, 6) is 1.17. The number of carbonyl (C=O) groups is 1. The van der Waals surface area contributed by atoms with Gasteiger partial charge in [-0.3, -0.25) is 4.79 Å². The molecule has 10 heteroatoms. The van der Waals surface area contributed by atoms with E-state index in [0.717, 1.165) is 4.90 Å². The molecule has 0 spiro atoms. The number of rotatable bonds is 5. The maximum Gasteiger partial charge on any atom is 0.279 e. The number of amides is 1. The Hall–Kier alpha value is -2.14. The lowest BCUT2D eigenvalue weighted by Gasteiger charge is -2.30. The summed E-state index contributed by atoms with van der Waals surface area (Å²) in [7, 11) is -3.41. The van der Waals surface area contributed by atoms with Crippen LogP contribution in [0.5, 0.6) is 11.5 Å². The van der Waals surface area contributed by atoms with Gasteiger partial charge in [0.1, 0.15) is 4.21 Å². The minimum Gasteiger partial charge on any atom is -0.454 e. The van der Waals surface area contributed by atoms with Crippen molar-refractivity contribution in [3.63, 3.8) is 0 Å². The molecule has 1 saturated heterocycles. The van der Waals surface area contributed by atoms with Gasteiger partial charge in [0, 0.05) is 11.8 Å². The van der Waals surface area contributed by atoms with E-state index in [-0.39, 0.29) is 12.7 Å². The number of thiophene rings is 1. The highest BCUT2D eigenvalue weighted by atomic mass is 32.2. The Labute approximate surface area is 161 Å². The van der Waals surface area contributed by atoms with E-state index in [1.165, 1.54) is 15.6 Å². The quantitative estimate of drug-likeness (QED) is 0.725. The van der Waals surface area contributed by atoms with Crippen molar-refractivity contribution < 1.29 is 27.6 Å². The van der Waals surface area contributed by atoms with E-state index in [1.807, 2.05) is 0 Å². The van der Waals surface area contributed by atoms with Crippen LogP contribution in [0.3, 0.4) is 0 Å². The SMILES string of the molecule is O=C(C[NH+]1CCN(S(=O)(=O)c2cccs2)CC1)Nc1ccc2c(c1)OCO2. The molecule has 27 heavy (non-hydrogen) atoms. The van der Waals surface area contributed by atoms with E-state index >= 15 is 0 Å². The van der Waals surface area contributed by atoms with Crippen molar-refractivity contribution >= 4 is 33.0 Å². The first-order valence-electron chi connectivity index (χ1n) is 8.59. The van der Waals surface area contributed by atoms with Gasteiger partial charge in [0.15, 0.2) is 18.0 Å². The third-order valence-corrected chi connectivity index (χ3v) is 7.86. The molecule has 1 fully saturated rings. The smallest absolute Gasteiger partial charge is 0.279 e. The molecule has 0 aliphatic carbocycles. The van der Waals surface area contributed by atoms with Gasteiger partial charge < -0.3 is 19.7 Å². The van der Waals surface area contributed by atoms with Crippen LogP contribution in [-0.2, 0) is 14.8 Å². The zero-order valence-electron chi connectivity index (χ0n) is 14.5. The molecule has 1 aromatic carbocycles. The second-order valence-corrected chi connectivity index (χ2v) is 9.49. The predicted octanol–water partition coefficient (Wildman–Crippen LogP) is 0.00470. The maximum atomic E-state index is 12.5. The molecule has 3 heterocycles. The fourth-order valence-corrected chi connectivity index (χ4v) is 5.75. The van der Waals surface area contributed by atoms with Crippen LogP contribution >= 0.6 is 11.3 Å². The number of nitrogens with zero attached hydrogens (tertiary/aromatic N) is 1. The molecule has 8 nitrogen and oxygen atoms in total. The second-order valence-electron chi connectivity index (χ2n) is 6.38. The van der Waals surface area contributed by atoms with E-state index in [9.17, 15) is 13.2 Å². The highest BCUT2D eigenvalue weighted by molar-refractivity contribution is 7.91. The lowest BCUT2D eigenvalue weighted by molar-refractivity contribution is -0.895. The van der Waals surface area contributed by atoms with Crippen molar-refractivity contribution in [3.8, 4) is 11.5 Å². The lowest BCUT2D eigenvalue weighted by atomic mass is 10.2. The molecule has 0 saturated carbocycles. The zero-order valence-corrected chi connectivity index (χ0v) is 16.1. The molecule has 144 valence electrons. The van der Waals surface area contributed by atoms with Crippen molar-refractivity contribution in [2.24, 2.45) is 0 Å². The largest absolute Gasteiger partial charge is 0.454 e. The molecule has 4 rings (SSSR count). The predicted molar refractivity (Wildman–Crippen MR) is 99.8 cm³/mol. The molecule has 2 N–H and O–H groups in total. The number of ether oxygens (including phenoxy) is 2. The summed E-state index contributed by atoms with van der Waals surface area (Å²) in [5, 5.41) is 4.62. The van der Waals surface area contributed by atoms with Gasteiger partial charge >= 0.3 is 0 Å². The van der Waals surface area contributed by atoms with Crippen LogP contribution in [0, 0.1) is 0 Å². The monoisotopic (exact) mass is 410 g/mol. The number of carbonyl (C=O) groups excluding carboxylic acids is 1. The van der Waals surface area contributed by atoms with Gasteiger partial charge in [-0.2, -0.15) is 4.31 Å². The fourth-order valence-electron chi connectivity index (χ4n) is 3.16. The van der Waals surface area contributed by atoms with Gasteiger partial charge in [-0.15, -0.1) is 11.3 Å². The van der Waals surface area contributed by atoms with E-state index in [2.05, 4.69) is 5.32 Å². The van der Waals surface area contributed by atoms with Crippen molar-refractivity contribution in [2.45, 2.75) is 4.21 Å². The van der Waals surface area contributed by atoms with Gasteiger partial charge in [0.05, 0.1) is 26.2 Å². The molecular formula is C17H20N3O5S2+. The fraction of sp³-hybridized carbons (Fsp3) is 0.353. The third kappa shape index (κ3) is 3.93. The average molecular weight is 410 g/mol. The number of hydrogen-bond acceptors (Lipinski definition) is 6.